The molecule has 8 nitrogen and oxygen atoms in total. The van der Waals surface area contributed by atoms with Crippen molar-refractivity contribution in [3.8, 4) is 11.5 Å². The zero-order valence-corrected chi connectivity index (χ0v) is 14.6. The van der Waals surface area contributed by atoms with Gasteiger partial charge in [-0.05, 0) is 29.8 Å². The van der Waals surface area contributed by atoms with E-state index in [1.807, 2.05) is 0 Å². The summed E-state index contributed by atoms with van der Waals surface area (Å²) in [5.41, 5.74) is -1.75. The van der Waals surface area contributed by atoms with Gasteiger partial charge in [0.25, 0.3) is 0 Å². The van der Waals surface area contributed by atoms with Crippen LogP contribution in [0.3, 0.4) is 0 Å². The van der Waals surface area contributed by atoms with Gasteiger partial charge < -0.3 is 19.4 Å². The van der Waals surface area contributed by atoms with Crippen LogP contribution in [0.5, 0.6) is 11.5 Å². The molecule has 3 aromatic rings. The number of hydrogen-bond acceptors (Lipinski definition) is 8. The first kappa shape index (κ1) is 17.9. The lowest BCUT2D eigenvalue weighted by Gasteiger charge is -2.05. The van der Waals surface area contributed by atoms with Gasteiger partial charge in [0.1, 0.15) is 22.5 Å². The molecule has 0 unspecified atom stereocenters. The number of hydrogen-bond donors (Lipinski definition) is 2. The van der Waals surface area contributed by atoms with Gasteiger partial charge in [-0.3, -0.25) is 4.79 Å². The number of phenols is 1. The molecule has 0 atom stereocenters. The van der Waals surface area contributed by atoms with Crippen LogP contribution in [-0.2, 0) is 16.4 Å². The highest BCUT2D eigenvalue weighted by Gasteiger charge is 2.19. The minimum Gasteiger partial charge on any atom is -0.507 e. The van der Waals surface area contributed by atoms with Crippen LogP contribution in [0.25, 0.3) is 21.7 Å². The molecule has 0 aliphatic heterocycles. The lowest BCUT2D eigenvalue weighted by Crippen LogP contribution is -2.07. The summed E-state index contributed by atoms with van der Waals surface area (Å²) in [5, 5.41) is 18.6. The van der Waals surface area contributed by atoms with E-state index in [0.29, 0.717) is 0 Å². The summed E-state index contributed by atoms with van der Waals surface area (Å²) >= 11 is 0. The highest BCUT2D eigenvalue weighted by atomic mass is 32.2. The maximum atomic E-state index is 13.0. The van der Waals surface area contributed by atoms with Crippen molar-refractivity contribution in [3.63, 3.8) is 0 Å². The van der Waals surface area contributed by atoms with Crippen molar-refractivity contribution in [1.82, 2.24) is 0 Å². The predicted molar refractivity (Wildman–Crippen MR) is 93.5 cm³/mol. The van der Waals surface area contributed by atoms with E-state index in [2.05, 4.69) is 0 Å². The fourth-order valence-corrected chi connectivity index (χ4v) is 3.35. The molecule has 0 radical (unpaired) electrons. The molecule has 2 N–H and O–H groups in total. The van der Waals surface area contributed by atoms with E-state index in [9.17, 15) is 28.2 Å². The Balaban J connectivity index is 2.69. The number of aliphatic hydroxyl groups excluding tert-OH is 1. The van der Waals surface area contributed by atoms with Gasteiger partial charge in [0.05, 0.1) is 29.4 Å². The minimum atomic E-state index is -3.69. The second kappa shape index (κ2) is 6.11. The summed E-state index contributed by atoms with van der Waals surface area (Å²) in [7, 11) is -2.47. The predicted octanol–water partition coefficient (Wildman–Crippen LogP) is 0.916. The maximum Gasteiger partial charge on any atom is 0.344 e. The molecule has 0 aliphatic carbocycles. The van der Waals surface area contributed by atoms with Crippen LogP contribution in [-0.4, -0.2) is 32.0 Å². The van der Waals surface area contributed by atoms with Gasteiger partial charge in [0.2, 0.25) is 5.43 Å². The van der Waals surface area contributed by atoms with Gasteiger partial charge in [0.15, 0.2) is 9.84 Å². The molecule has 26 heavy (non-hydrogen) atoms. The Morgan fingerprint density at radius 1 is 1.12 bits per heavy atom. The van der Waals surface area contributed by atoms with Crippen LogP contribution in [0.4, 0.5) is 0 Å². The van der Waals surface area contributed by atoms with Gasteiger partial charge in [-0.25, -0.2) is 13.2 Å². The van der Waals surface area contributed by atoms with E-state index >= 15 is 0 Å². The Labute approximate surface area is 146 Å². The fraction of sp³-hybridized carbons (Fsp3) is 0.176. The highest BCUT2D eigenvalue weighted by Crippen LogP contribution is 2.29. The molecule has 0 fully saturated rings. The van der Waals surface area contributed by atoms with Crippen LogP contribution in [0, 0.1) is 0 Å². The SMILES string of the molecule is COc1cc(S(C)(=O)=O)cc2c(=O)oc3cc(CO)cc(O)c3c(=O)c12. The molecule has 0 saturated carbocycles. The topological polar surface area (TPSA) is 131 Å². The largest absolute Gasteiger partial charge is 0.507 e. The Morgan fingerprint density at radius 2 is 1.81 bits per heavy atom. The van der Waals surface area contributed by atoms with Crippen molar-refractivity contribution in [2.75, 3.05) is 13.4 Å². The first-order valence-electron chi connectivity index (χ1n) is 7.33. The van der Waals surface area contributed by atoms with E-state index in [4.69, 9.17) is 9.15 Å². The third kappa shape index (κ3) is 2.80. The summed E-state index contributed by atoms with van der Waals surface area (Å²) in [6.45, 7) is -0.443. The summed E-state index contributed by atoms with van der Waals surface area (Å²) in [6.07, 6.45) is 0.951. The maximum absolute atomic E-state index is 13.0. The van der Waals surface area contributed by atoms with E-state index in [1.165, 1.54) is 19.2 Å². The number of aromatic hydroxyl groups is 1. The fourth-order valence-electron chi connectivity index (χ4n) is 2.70. The average molecular weight is 378 g/mol. The number of benzene rings is 2. The van der Waals surface area contributed by atoms with Crippen LogP contribution in [0.2, 0.25) is 0 Å². The number of ether oxygens (including phenoxy) is 1. The number of sulfone groups is 1. The smallest absolute Gasteiger partial charge is 0.344 e. The van der Waals surface area contributed by atoms with Crippen LogP contribution in [0.1, 0.15) is 5.56 Å². The Hall–Kier alpha value is -2.91. The zero-order chi connectivity index (χ0) is 19.2. The van der Waals surface area contributed by atoms with Crippen molar-refractivity contribution in [2.45, 2.75) is 11.5 Å². The molecular formula is C17H14O8S. The molecule has 1 aromatic heterocycles. The first-order valence-corrected chi connectivity index (χ1v) is 9.22. The van der Waals surface area contributed by atoms with E-state index in [0.717, 1.165) is 18.4 Å². The molecule has 2 aromatic carbocycles. The van der Waals surface area contributed by atoms with Gasteiger partial charge in [-0.15, -0.1) is 0 Å². The van der Waals surface area contributed by atoms with E-state index in [-0.39, 0.29) is 38.0 Å². The van der Waals surface area contributed by atoms with E-state index in [1.54, 1.807) is 0 Å². The molecular weight excluding hydrogens is 364 g/mol. The number of rotatable bonds is 3. The Kier molecular flexibility index (Phi) is 4.21. The van der Waals surface area contributed by atoms with Crippen LogP contribution >= 0.6 is 0 Å². The quantitative estimate of drug-likeness (QED) is 0.688. The van der Waals surface area contributed by atoms with E-state index < -0.39 is 33.2 Å². The lowest BCUT2D eigenvalue weighted by molar-refractivity contribution is 0.281. The standard InChI is InChI=1S/C17H14O8S/c1-24-12-6-9(26(2,22)23)5-10-14(12)16(20)15-11(19)3-8(7-18)4-13(15)25-17(10)21/h3-6,18-19H,7H2,1-2H3. The summed E-state index contributed by atoms with van der Waals surface area (Å²) in [4.78, 5) is 25.2. The van der Waals surface area contributed by atoms with Crippen LogP contribution < -0.4 is 15.8 Å². The molecule has 136 valence electrons. The first-order chi connectivity index (χ1) is 12.2. The molecule has 0 amide bonds. The van der Waals surface area contributed by atoms with Crippen molar-refractivity contribution in [1.29, 1.82) is 0 Å². The molecule has 3 rings (SSSR count). The number of aliphatic hydroxyl groups is 1. The Morgan fingerprint density at radius 3 is 2.38 bits per heavy atom. The molecule has 0 saturated heterocycles. The number of fused-ring (bicyclic) bond motifs is 2. The van der Waals surface area contributed by atoms with Gasteiger partial charge >= 0.3 is 5.63 Å². The second-order valence-corrected chi connectivity index (χ2v) is 7.70. The highest BCUT2D eigenvalue weighted by molar-refractivity contribution is 7.90. The van der Waals surface area contributed by atoms with Crippen molar-refractivity contribution in [3.05, 3.63) is 50.5 Å². The lowest BCUT2D eigenvalue weighted by atomic mass is 10.1. The third-order valence-electron chi connectivity index (χ3n) is 3.92. The number of methoxy groups -OCH3 is 1. The molecule has 0 aliphatic rings. The van der Waals surface area contributed by atoms with Crippen molar-refractivity contribution in [2.24, 2.45) is 0 Å². The third-order valence-corrected chi connectivity index (χ3v) is 5.02. The molecule has 0 bridgehead atoms. The number of phenolic OH excluding ortho intramolecular Hbond substituents is 1. The average Bonchev–Trinajstić information content (AvgIpc) is 2.68. The molecule has 0 spiro atoms. The summed E-state index contributed by atoms with van der Waals surface area (Å²) in [5.74, 6) is -0.616. The van der Waals surface area contributed by atoms with Gasteiger partial charge in [0, 0.05) is 6.26 Å². The second-order valence-electron chi connectivity index (χ2n) is 5.69. The van der Waals surface area contributed by atoms with Crippen LogP contribution in [0.15, 0.2) is 43.2 Å². The normalized spacial score (nSPS) is 11.8. The van der Waals surface area contributed by atoms with Gasteiger partial charge in [-0.2, -0.15) is 0 Å². The zero-order valence-electron chi connectivity index (χ0n) is 13.8. The Bertz CT molecular complexity index is 1270. The summed E-state index contributed by atoms with van der Waals surface area (Å²) in [6, 6.07) is 4.58. The molecule has 9 heteroatoms. The monoisotopic (exact) mass is 378 g/mol. The molecule has 1 heterocycles. The summed E-state index contributed by atoms with van der Waals surface area (Å²) < 4.78 is 34.0. The van der Waals surface area contributed by atoms with Crippen molar-refractivity contribution >= 4 is 31.6 Å². The van der Waals surface area contributed by atoms with Crippen molar-refractivity contribution < 1.29 is 27.8 Å². The minimum absolute atomic E-state index is 0.136. The van der Waals surface area contributed by atoms with Gasteiger partial charge in [-0.1, -0.05) is 0 Å².